The lowest BCUT2D eigenvalue weighted by Crippen LogP contribution is -2.33. The fourth-order valence-corrected chi connectivity index (χ4v) is 2.06. The van der Waals surface area contributed by atoms with Crippen molar-refractivity contribution in [1.82, 2.24) is 0 Å². The van der Waals surface area contributed by atoms with Crippen LogP contribution in [0.25, 0.3) is 0 Å². The van der Waals surface area contributed by atoms with Crippen molar-refractivity contribution in [3.8, 4) is 11.8 Å². The summed E-state index contributed by atoms with van der Waals surface area (Å²) >= 11 is 0. The number of rotatable bonds is 2. The minimum Gasteiger partial charge on any atom is -0.506 e. The lowest BCUT2D eigenvalue weighted by atomic mass is 10.1. The summed E-state index contributed by atoms with van der Waals surface area (Å²) in [5, 5.41) is 18.7. The maximum absolute atomic E-state index is 13.1. The number of amides is 2. The summed E-state index contributed by atoms with van der Waals surface area (Å²) < 4.78 is 39.4. The molecule has 23 heavy (non-hydrogen) atoms. The number of primary amides is 1. The molecule has 0 radical (unpaired) electrons. The molecule has 0 spiro atoms. The number of alkyl halides is 3. The summed E-state index contributed by atoms with van der Waals surface area (Å²) in [6, 6.07) is 8.32. The van der Waals surface area contributed by atoms with Crippen molar-refractivity contribution < 1.29 is 23.1 Å². The minimum absolute atomic E-state index is 0.0831. The van der Waals surface area contributed by atoms with Gasteiger partial charge in [0.05, 0.1) is 28.6 Å². The Hall–Kier alpha value is -3.21. The van der Waals surface area contributed by atoms with E-state index in [4.69, 9.17) is 11.0 Å². The van der Waals surface area contributed by atoms with Crippen LogP contribution in [0.4, 0.5) is 29.3 Å². The van der Waals surface area contributed by atoms with Crippen LogP contribution in [0.2, 0.25) is 0 Å². The molecule has 8 heteroatoms. The number of halogens is 3. The van der Waals surface area contributed by atoms with Crippen LogP contribution >= 0.6 is 0 Å². The Balaban J connectivity index is 2.67. The van der Waals surface area contributed by atoms with Crippen LogP contribution in [0.3, 0.4) is 0 Å². The van der Waals surface area contributed by atoms with Gasteiger partial charge >= 0.3 is 12.2 Å². The van der Waals surface area contributed by atoms with Gasteiger partial charge in [-0.2, -0.15) is 18.4 Å². The first kappa shape index (κ1) is 16.2. The van der Waals surface area contributed by atoms with Crippen LogP contribution in [0.5, 0.6) is 5.75 Å². The first-order chi connectivity index (χ1) is 10.8. The van der Waals surface area contributed by atoms with E-state index in [0.29, 0.717) is 4.90 Å². The Morgan fingerprint density at radius 3 is 2.35 bits per heavy atom. The third-order valence-corrected chi connectivity index (χ3v) is 3.02. The van der Waals surface area contributed by atoms with E-state index in [-0.39, 0.29) is 11.3 Å². The number of anilines is 2. The number of carbonyl (C=O) groups is 1. The van der Waals surface area contributed by atoms with Gasteiger partial charge in [0.25, 0.3) is 0 Å². The molecule has 5 nitrogen and oxygen atoms in total. The van der Waals surface area contributed by atoms with Crippen molar-refractivity contribution >= 4 is 17.4 Å². The molecule has 118 valence electrons. The van der Waals surface area contributed by atoms with Crippen LogP contribution < -0.4 is 10.6 Å². The van der Waals surface area contributed by atoms with E-state index in [9.17, 15) is 23.1 Å². The van der Waals surface area contributed by atoms with Gasteiger partial charge in [-0.15, -0.1) is 0 Å². The van der Waals surface area contributed by atoms with Crippen molar-refractivity contribution in [2.75, 3.05) is 4.90 Å². The van der Waals surface area contributed by atoms with Crippen molar-refractivity contribution in [1.29, 1.82) is 5.26 Å². The predicted molar refractivity (Wildman–Crippen MR) is 76.0 cm³/mol. The summed E-state index contributed by atoms with van der Waals surface area (Å²) in [4.78, 5) is 12.2. The van der Waals surface area contributed by atoms with Crippen LogP contribution in [-0.2, 0) is 6.18 Å². The number of carbonyl (C=O) groups excluding carboxylic acids is 1. The van der Waals surface area contributed by atoms with Gasteiger partial charge in [-0.05, 0) is 30.3 Å². The highest BCUT2D eigenvalue weighted by molar-refractivity contribution is 6.00. The van der Waals surface area contributed by atoms with Crippen LogP contribution in [-0.4, -0.2) is 11.1 Å². The largest absolute Gasteiger partial charge is 0.506 e. The average Bonchev–Trinajstić information content (AvgIpc) is 2.48. The average molecular weight is 321 g/mol. The Labute approximate surface area is 129 Å². The lowest BCUT2D eigenvalue weighted by Gasteiger charge is -2.25. The molecule has 0 fully saturated rings. The second-order valence-electron chi connectivity index (χ2n) is 4.50. The summed E-state index contributed by atoms with van der Waals surface area (Å²) in [6.07, 6.45) is -4.72. The Bertz CT molecular complexity index is 797. The standard InChI is InChI=1S/C15H10F3N3O2/c16-15(17,18)10-3-1-2-4-11(10)21(14(20)23)12-6-5-9(8-19)7-13(12)22/h1-7,22H,(H2,20,23). The van der Waals surface area contributed by atoms with Gasteiger partial charge in [0, 0.05) is 0 Å². The van der Waals surface area contributed by atoms with E-state index >= 15 is 0 Å². The van der Waals surface area contributed by atoms with E-state index in [1.165, 1.54) is 18.2 Å². The predicted octanol–water partition coefficient (Wildman–Crippen LogP) is 3.50. The molecule has 0 atom stereocenters. The Kier molecular flexibility index (Phi) is 4.14. The molecular formula is C15H10F3N3O2. The second kappa shape index (κ2) is 5.88. The minimum atomic E-state index is -4.72. The number of para-hydroxylation sites is 1. The number of nitrogens with two attached hydrogens (primary N) is 1. The van der Waals surface area contributed by atoms with Gasteiger partial charge in [-0.3, -0.25) is 4.90 Å². The molecule has 0 saturated carbocycles. The number of hydrogen-bond donors (Lipinski definition) is 2. The molecule has 3 N–H and O–H groups in total. The summed E-state index contributed by atoms with van der Waals surface area (Å²) in [5.41, 5.74) is 3.42. The molecule has 0 unspecified atom stereocenters. The van der Waals surface area contributed by atoms with Gasteiger partial charge in [0.1, 0.15) is 5.75 Å². The highest BCUT2D eigenvalue weighted by Crippen LogP contribution is 2.41. The second-order valence-corrected chi connectivity index (χ2v) is 4.50. The molecule has 0 aliphatic rings. The van der Waals surface area contributed by atoms with E-state index in [1.807, 2.05) is 0 Å². The smallest absolute Gasteiger partial charge is 0.418 e. The number of phenols is 1. The quantitative estimate of drug-likeness (QED) is 0.887. The molecule has 0 bridgehead atoms. The summed E-state index contributed by atoms with van der Waals surface area (Å²) in [6.45, 7) is 0. The van der Waals surface area contributed by atoms with E-state index in [0.717, 1.165) is 24.3 Å². The fourth-order valence-electron chi connectivity index (χ4n) is 2.06. The van der Waals surface area contributed by atoms with Gasteiger partial charge in [0.15, 0.2) is 0 Å². The molecule has 0 heterocycles. The molecule has 0 aliphatic carbocycles. The van der Waals surface area contributed by atoms with Crippen molar-refractivity contribution in [3.63, 3.8) is 0 Å². The van der Waals surface area contributed by atoms with Crippen molar-refractivity contribution in [2.24, 2.45) is 5.73 Å². The zero-order valence-corrected chi connectivity index (χ0v) is 11.5. The van der Waals surface area contributed by atoms with Crippen LogP contribution in [0, 0.1) is 11.3 Å². The molecule has 2 amide bonds. The third-order valence-electron chi connectivity index (χ3n) is 3.02. The Morgan fingerprint density at radius 2 is 1.83 bits per heavy atom. The maximum Gasteiger partial charge on any atom is 0.418 e. The van der Waals surface area contributed by atoms with Crippen LogP contribution in [0.1, 0.15) is 11.1 Å². The first-order valence-electron chi connectivity index (χ1n) is 6.24. The maximum atomic E-state index is 13.1. The number of benzene rings is 2. The molecule has 0 aromatic heterocycles. The molecular weight excluding hydrogens is 311 g/mol. The van der Waals surface area contributed by atoms with E-state index in [2.05, 4.69) is 0 Å². The highest BCUT2D eigenvalue weighted by atomic mass is 19.4. The fraction of sp³-hybridized carbons (Fsp3) is 0.0667. The summed E-state index contributed by atoms with van der Waals surface area (Å²) in [7, 11) is 0. The van der Waals surface area contributed by atoms with Crippen LogP contribution in [0.15, 0.2) is 42.5 Å². The number of aromatic hydroxyl groups is 1. The number of urea groups is 1. The van der Waals surface area contributed by atoms with Crippen molar-refractivity contribution in [3.05, 3.63) is 53.6 Å². The lowest BCUT2D eigenvalue weighted by molar-refractivity contribution is -0.137. The third kappa shape index (κ3) is 3.18. The number of hydrogen-bond acceptors (Lipinski definition) is 3. The zero-order chi connectivity index (χ0) is 17.2. The zero-order valence-electron chi connectivity index (χ0n) is 11.5. The van der Waals surface area contributed by atoms with E-state index in [1.54, 1.807) is 6.07 Å². The topological polar surface area (TPSA) is 90.4 Å². The number of phenolic OH excluding ortho intramolecular Hbond substituents is 1. The monoisotopic (exact) mass is 321 g/mol. The highest BCUT2D eigenvalue weighted by Gasteiger charge is 2.36. The Morgan fingerprint density at radius 1 is 1.17 bits per heavy atom. The number of nitriles is 1. The molecule has 2 rings (SSSR count). The first-order valence-corrected chi connectivity index (χ1v) is 6.24. The van der Waals surface area contributed by atoms with Gasteiger partial charge in [0.2, 0.25) is 0 Å². The normalized spacial score (nSPS) is 10.9. The molecule has 2 aromatic carbocycles. The SMILES string of the molecule is N#Cc1ccc(N(C(N)=O)c2ccccc2C(F)(F)F)c(O)c1. The van der Waals surface area contributed by atoms with Gasteiger partial charge < -0.3 is 10.8 Å². The van der Waals surface area contributed by atoms with E-state index < -0.39 is 29.2 Å². The van der Waals surface area contributed by atoms with Crippen molar-refractivity contribution in [2.45, 2.75) is 6.18 Å². The molecule has 2 aromatic rings. The molecule has 0 saturated heterocycles. The number of nitrogens with zero attached hydrogens (tertiary/aromatic N) is 2. The molecule has 0 aliphatic heterocycles. The van der Waals surface area contributed by atoms with Gasteiger partial charge in [-0.25, -0.2) is 4.79 Å². The summed E-state index contributed by atoms with van der Waals surface area (Å²) in [5.74, 6) is -0.542. The van der Waals surface area contributed by atoms with Gasteiger partial charge in [-0.1, -0.05) is 12.1 Å².